The van der Waals surface area contributed by atoms with Crippen molar-refractivity contribution in [2.24, 2.45) is 0 Å². The van der Waals surface area contributed by atoms with Crippen LogP contribution >= 0.6 is 0 Å². The zero-order valence-corrected chi connectivity index (χ0v) is 16.0. The van der Waals surface area contributed by atoms with Gasteiger partial charge in [0.05, 0.1) is 32.7 Å². The van der Waals surface area contributed by atoms with Crippen LogP contribution in [0.5, 0.6) is 0 Å². The van der Waals surface area contributed by atoms with Crippen molar-refractivity contribution in [3.8, 4) is 0 Å². The highest BCUT2D eigenvalue weighted by Crippen LogP contribution is 2.33. The van der Waals surface area contributed by atoms with Gasteiger partial charge in [0.2, 0.25) is 0 Å². The minimum atomic E-state index is -1.21. The smallest absolute Gasteiger partial charge is 0.329 e. The Labute approximate surface area is 166 Å². The van der Waals surface area contributed by atoms with E-state index in [9.17, 15) is 18.8 Å². The van der Waals surface area contributed by atoms with Gasteiger partial charge in [-0.05, 0) is 17.7 Å². The van der Waals surface area contributed by atoms with E-state index in [1.54, 1.807) is 12.1 Å². The molecule has 154 valence electrons. The van der Waals surface area contributed by atoms with Gasteiger partial charge in [0, 0.05) is 18.7 Å². The van der Waals surface area contributed by atoms with E-state index >= 15 is 0 Å². The number of fused-ring (bicyclic) bond motifs is 1. The van der Waals surface area contributed by atoms with Crippen molar-refractivity contribution >= 4 is 18.0 Å². The Morgan fingerprint density at radius 2 is 2.14 bits per heavy atom. The SMILES string of the molecule is COC(=O)C[C@@H](NC(=O)N1CCc2[nH]cnc2C1c1cccc(F)c1)C(=O)OC. The minimum absolute atomic E-state index is 0.300. The second-order valence-electron chi connectivity index (χ2n) is 6.47. The molecule has 2 aromatic rings. The van der Waals surface area contributed by atoms with E-state index in [1.165, 1.54) is 30.5 Å². The molecule has 29 heavy (non-hydrogen) atoms. The number of aromatic nitrogens is 2. The predicted octanol–water partition coefficient (Wildman–Crippen LogP) is 1.31. The summed E-state index contributed by atoms with van der Waals surface area (Å²) in [6, 6.07) is 3.42. The summed E-state index contributed by atoms with van der Waals surface area (Å²) in [4.78, 5) is 45.4. The average molecular weight is 404 g/mol. The molecule has 2 amide bonds. The Bertz CT molecular complexity index is 916. The molecule has 0 spiro atoms. The number of carbonyl (C=O) groups is 3. The standard InChI is InChI=1S/C19H21FN4O5/c1-28-15(25)9-14(18(26)29-2)23-19(27)24-7-6-13-16(22-10-21-13)17(24)11-4-3-5-12(20)8-11/h3-5,8,10,14,17H,6-7,9H2,1-2H3,(H,21,22)(H,23,27)/t14-,17?/m1/s1. The number of nitrogens with zero attached hydrogens (tertiary/aromatic N) is 2. The molecule has 2 atom stereocenters. The topological polar surface area (TPSA) is 114 Å². The van der Waals surface area contributed by atoms with Crippen LogP contribution in [-0.4, -0.2) is 59.6 Å². The van der Waals surface area contributed by atoms with Gasteiger partial charge in [-0.1, -0.05) is 12.1 Å². The highest BCUT2D eigenvalue weighted by molar-refractivity contribution is 5.87. The van der Waals surface area contributed by atoms with Crippen LogP contribution in [0, 0.1) is 5.82 Å². The molecule has 0 aliphatic carbocycles. The molecule has 9 nitrogen and oxygen atoms in total. The van der Waals surface area contributed by atoms with Crippen LogP contribution in [0.1, 0.15) is 29.4 Å². The van der Waals surface area contributed by atoms with Gasteiger partial charge >= 0.3 is 18.0 Å². The number of nitrogens with one attached hydrogen (secondary N) is 2. The third kappa shape index (κ3) is 4.36. The fourth-order valence-corrected chi connectivity index (χ4v) is 3.33. The molecule has 10 heteroatoms. The summed E-state index contributed by atoms with van der Waals surface area (Å²) in [6.45, 7) is 0.300. The zero-order chi connectivity index (χ0) is 21.0. The number of rotatable bonds is 5. The first-order chi connectivity index (χ1) is 13.9. The van der Waals surface area contributed by atoms with Gasteiger partial charge in [0.1, 0.15) is 17.9 Å². The normalized spacial score (nSPS) is 16.5. The molecule has 0 saturated carbocycles. The summed E-state index contributed by atoms with van der Waals surface area (Å²) < 4.78 is 23.1. The van der Waals surface area contributed by atoms with Crippen LogP contribution in [0.15, 0.2) is 30.6 Å². The lowest BCUT2D eigenvalue weighted by Gasteiger charge is -2.36. The minimum Gasteiger partial charge on any atom is -0.469 e. The second kappa shape index (κ2) is 8.72. The van der Waals surface area contributed by atoms with Crippen molar-refractivity contribution in [1.82, 2.24) is 20.2 Å². The van der Waals surface area contributed by atoms with Gasteiger partial charge < -0.3 is 24.7 Å². The van der Waals surface area contributed by atoms with Crippen LogP contribution in [0.3, 0.4) is 0 Å². The highest BCUT2D eigenvalue weighted by atomic mass is 19.1. The number of halogens is 1. The number of esters is 2. The van der Waals surface area contributed by atoms with Gasteiger partial charge in [-0.15, -0.1) is 0 Å². The molecule has 1 aromatic carbocycles. The van der Waals surface area contributed by atoms with E-state index in [-0.39, 0.29) is 6.42 Å². The summed E-state index contributed by atoms with van der Waals surface area (Å²) in [5.74, 6) is -1.89. The summed E-state index contributed by atoms with van der Waals surface area (Å²) in [5.41, 5.74) is 1.98. The lowest BCUT2D eigenvalue weighted by Crippen LogP contribution is -2.52. The van der Waals surface area contributed by atoms with Crippen molar-refractivity contribution in [2.45, 2.75) is 24.9 Å². The fourth-order valence-electron chi connectivity index (χ4n) is 3.33. The number of imidazole rings is 1. The number of methoxy groups -OCH3 is 2. The Morgan fingerprint density at radius 1 is 1.34 bits per heavy atom. The lowest BCUT2D eigenvalue weighted by molar-refractivity contribution is -0.149. The molecular formula is C19H21FN4O5. The Kier molecular flexibility index (Phi) is 6.10. The predicted molar refractivity (Wildman–Crippen MR) is 98.2 cm³/mol. The molecule has 1 aliphatic heterocycles. The maximum Gasteiger partial charge on any atom is 0.329 e. The maximum atomic E-state index is 13.8. The summed E-state index contributed by atoms with van der Waals surface area (Å²) in [6.07, 6.45) is 1.66. The van der Waals surface area contributed by atoms with Crippen molar-refractivity contribution in [3.63, 3.8) is 0 Å². The Balaban J connectivity index is 1.89. The quantitative estimate of drug-likeness (QED) is 0.727. The number of H-pyrrole nitrogens is 1. The molecule has 1 unspecified atom stereocenters. The van der Waals surface area contributed by atoms with Crippen LogP contribution in [0.2, 0.25) is 0 Å². The van der Waals surface area contributed by atoms with Crippen molar-refractivity contribution in [1.29, 1.82) is 0 Å². The van der Waals surface area contributed by atoms with E-state index in [1.807, 2.05) is 0 Å². The molecule has 0 bridgehead atoms. The average Bonchev–Trinajstić information content (AvgIpc) is 3.20. The monoisotopic (exact) mass is 404 g/mol. The van der Waals surface area contributed by atoms with Gasteiger partial charge in [-0.25, -0.2) is 19.0 Å². The van der Waals surface area contributed by atoms with Crippen molar-refractivity contribution in [2.75, 3.05) is 20.8 Å². The summed E-state index contributed by atoms with van der Waals surface area (Å²) in [7, 11) is 2.34. The molecule has 2 heterocycles. The Hall–Kier alpha value is -3.43. The van der Waals surface area contributed by atoms with Crippen molar-refractivity contribution in [3.05, 3.63) is 53.4 Å². The van der Waals surface area contributed by atoms with E-state index in [0.29, 0.717) is 24.2 Å². The molecule has 0 fully saturated rings. The molecule has 2 N–H and O–H groups in total. The number of amides is 2. The largest absolute Gasteiger partial charge is 0.469 e. The second-order valence-corrected chi connectivity index (χ2v) is 6.47. The van der Waals surface area contributed by atoms with Crippen LogP contribution < -0.4 is 5.32 Å². The highest BCUT2D eigenvalue weighted by Gasteiger charge is 2.36. The number of hydrogen-bond donors (Lipinski definition) is 2. The van der Waals surface area contributed by atoms with Gasteiger partial charge in [-0.3, -0.25) is 4.79 Å². The number of benzene rings is 1. The van der Waals surface area contributed by atoms with Crippen LogP contribution in [0.25, 0.3) is 0 Å². The summed E-state index contributed by atoms with van der Waals surface area (Å²) >= 11 is 0. The fraction of sp³-hybridized carbons (Fsp3) is 0.368. The molecular weight excluding hydrogens is 383 g/mol. The number of ether oxygens (including phenoxy) is 2. The van der Waals surface area contributed by atoms with Crippen LogP contribution in [0.4, 0.5) is 9.18 Å². The third-order valence-corrected chi connectivity index (χ3v) is 4.73. The first-order valence-electron chi connectivity index (χ1n) is 8.94. The van der Waals surface area contributed by atoms with E-state index in [4.69, 9.17) is 0 Å². The molecule has 1 aliphatic rings. The van der Waals surface area contributed by atoms with E-state index in [0.717, 1.165) is 12.8 Å². The maximum absolute atomic E-state index is 13.8. The number of carbonyl (C=O) groups excluding carboxylic acids is 3. The lowest BCUT2D eigenvalue weighted by atomic mass is 9.96. The van der Waals surface area contributed by atoms with Gasteiger partial charge in [-0.2, -0.15) is 0 Å². The van der Waals surface area contributed by atoms with Gasteiger partial charge in [0.15, 0.2) is 0 Å². The van der Waals surface area contributed by atoms with Crippen molar-refractivity contribution < 1.29 is 28.2 Å². The van der Waals surface area contributed by atoms with Crippen LogP contribution in [-0.2, 0) is 25.5 Å². The van der Waals surface area contributed by atoms with E-state index in [2.05, 4.69) is 24.8 Å². The first-order valence-corrected chi connectivity index (χ1v) is 8.94. The molecule has 1 aromatic heterocycles. The third-order valence-electron chi connectivity index (χ3n) is 4.73. The molecule has 0 saturated heterocycles. The summed E-state index contributed by atoms with van der Waals surface area (Å²) in [5, 5.41) is 2.52. The molecule has 0 radical (unpaired) electrons. The first kappa shape index (κ1) is 20.3. The zero-order valence-electron chi connectivity index (χ0n) is 16.0. The van der Waals surface area contributed by atoms with E-state index < -0.39 is 35.9 Å². The Morgan fingerprint density at radius 3 is 2.83 bits per heavy atom. The number of hydrogen-bond acceptors (Lipinski definition) is 6. The number of urea groups is 1. The number of aromatic amines is 1. The molecule has 3 rings (SSSR count). The van der Waals surface area contributed by atoms with Gasteiger partial charge in [0.25, 0.3) is 0 Å².